The number of fused-ring (bicyclic) bond motifs is 4. The topological polar surface area (TPSA) is 85.3 Å². The van der Waals surface area contributed by atoms with Crippen LogP contribution >= 0.6 is 0 Å². The van der Waals surface area contributed by atoms with Crippen molar-refractivity contribution in [3.05, 3.63) is 35.9 Å². The van der Waals surface area contributed by atoms with E-state index in [0.717, 1.165) is 80.4 Å². The largest absolute Gasteiger partial charge is 0.378 e. The van der Waals surface area contributed by atoms with Gasteiger partial charge >= 0.3 is 0 Å². The molecule has 5 heterocycles. The molecule has 9 nitrogen and oxygen atoms in total. The van der Waals surface area contributed by atoms with Crippen molar-refractivity contribution in [1.29, 1.82) is 0 Å². The number of nitrogens with zero attached hydrogens (tertiary/aromatic N) is 5. The first-order valence-corrected chi connectivity index (χ1v) is 17.0. The minimum absolute atomic E-state index is 0.255. The maximum Gasteiger partial charge on any atom is 0.238 e. The molecule has 44 heavy (non-hydrogen) atoms. The summed E-state index contributed by atoms with van der Waals surface area (Å²) in [5.41, 5.74) is 4.99. The van der Waals surface area contributed by atoms with Crippen LogP contribution in [0.15, 0.2) is 35.3 Å². The summed E-state index contributed by atoms with van der Waals surface area (Å²) >= 11 is 0. The van der Waals surface area contributed by atoms with Gasteiger partial charge in [0.05, 0.1) is 36.3 Å². The number of rotatable bonds is 8. The summed E-state index contributed by atoms with van der Waals surface area (Å²) in [7, 11) is 1.81. The molecule has 8 rings (SSSR count). The fourth-order valence-electron chi connectivity index (χ4n) is 8.67. The number of morpholine rings is 1. The van der Waals surface area contributed by atoms with Crippen molar-refractivity contribution in [3.63, 3.8) is 0 Å². The first-order valence-electron chi connectivity index (χ1n) is 17.0. The molecule has 2 aliphatic carbocycles. The summed E-state index contributed by atoms with van der Waals surface area (Å²) in [6.45, 7) is 7.86. The van der Waals surface area contributed by atoms with Crippen LogP contribution in [-0.4, -0.2) is 91.7 Å². The lowest BCUT2D eigenvalue weighted by Gasteiger charge is -2.50. The van der Waals surface area contributed by atoms with E-state index in [1.807, 2.05) is 13.4 Å². The average Bonchev–Trinajstić information content (AvgIpc) is 3.77. The number of pyridine rings is 1. The number of hydrogen-bond donors (Lipinski definition) is 2. The summed E-state index contributed by atoms with van der Waals surface area (Å²) in [5, 5.41) is 7.19. The molecule has 234 valence electrons. The third-order valence-corrected chi connectivity index (χ3v) is 11.2. The summed E-state index contributed by atoms with van der Waals surface area (Å²) in [6, 6.07) is 13.7. The molecule has 2 bridgehead atoms. The summed E-state index contributed by atoms with van der Waals surface area (Å²) in [6.07, 6.45) is 10.6. The Bertz CT molecular complexity index is 1430. The van der Waals surface area contributed by atoms with Gasteiger partial charge in [-0.3, -0.25) is 14.7 Å². The maximum atomic E-state index is 14.5. The van der Waals surface area contributed by atoms with Gasteiger partial charge in [0.25, 0.3) is 0 Å². The van der Waals surface area contributed by atoms with Gasteiger partial charge in [0.15, 0.2) is 5.82 Å². The van der Waals surface area contributed by atoms with Crippen molar-refractivity contribution in [2.75, 3.05) is 48.5 Å². The quantitative estimate of drug-likeness (QED) is 0.341. The second-order valence-electron chi connectivity index (χ2n) is 14.2. The molecule has 1 spiro atoms. The van der Waals surface area contributed by atoms with E-state index in [2.05, 4.69) is 74.5 Å². The average molecular weight is 598 g/mol. The molecule has 3 saturated heterocycles. The monoisotopic (exact) mass is 597 g/mol. The molecular formula is C35H47N7O2. The number of benzene rings is 1. The number of anilines is 3. The Labute approximate surface area is 261 Å². The summed E-state index contributed by atoms with van der Waals surface area (Å²) in [5.74, 6) is 1.23. The van der Waals surface area contributed by atoms with Crippen LogP contribution in [0.3, 0.4) is 0 Å². The number of carbonyl (C=O) groups is 1. The van der Waals surface area contributed by atoms with E-state index < -0.39 is 5.41 Å². The van der Waals surface area contributed by atoms with Crippen LogP contribution < -0.4 is 20.4 Å². The Hall–Kier alpha value is -3.01. The zero-order chi connectivity index (χ0) is 30.0. The lowest BCUT2D eigenvalue weighted by molar-refractivity contribution is -0.125. The summed E-state index contributed by atoms with van der Waals surface area (Å²) < 4.78 is 5.87. The number of carbonyl (C=O) groups excluding carboxylic acids is 1. The Kier molecular flexibility index (Phi) is 7.18. The Morgan fingerprint density at radius 2 is 1.80 bits per heavy atom. The predicted octanol–water partition coefficient (Wildman–Crippen LogP) is 4.56. The predicted molar refractivity (Wildman–Crippen MR) is 176 cm³/mol. The van der Waals surface area contributed by atoms with E-state index in [-0.39, 0.29) is 12.1 Å². The zero-order valence-corrected chi connectivity index (χ0v) is 26.5. The maximum absolute atomic E-state index is 14.5. The van der Waals surface area contributed by atoms with E-state index in [9.17, 15) is 4.79 Å². The minimum atomic E-state index is -0.407. The number of amides is 1. The van der Waals surface area contributed by atoms with Gasteiger partial charge in [0.1, 0.15) is 0 Å². The molecule has 9 heteroatoms. The molecule has 1 aromatic carbocycles. The molecule has 2 aromatic rings. The van der Waals surface area contributed by atoms with Gasteiger partial charge in [-0.05, 0) is 102 Å². The van der Waals surface area contributed by atoms with Crippen molar-refractivity contribution in [2.45, 2.75) is 107 Å². The summed E-state index contributed by atoms with van der Waals surface area (Å²) in [4.78, 5) is 31.2. The van der Waals surface area contributed by atoms with Crippen LogP contribution in [0.1, 0.15) is 70.8 Å². The molecule has 4 aliphatic heterocycles. The highest BCUT2D eigenvalue weighted by Gasteiger charge is 2.56. The van der Waals surface area contributed by atoms with Crippen LogP contribution in [0.2, 0.25) is 0 Å². The SMILES string of the molecule is CN=CN(c1ccc(-c2ccc3c(c2)N(C2CC(N4C5CCC4COC5)C2)C(=O)C32CCNCC2)nc1NC1CC1)C(C)C. The van der Waals surface area contributed by atoms with Crippen molar-refractivity contribution in [3.8, 4) is 11.3 Å². The first-order chi connectivity index (χ1) is 21.5. The van der Waals surface area contributed by atoms with Crippen LogP contribution in [0.5, 0.6) is 0 Å². The van der Waals surface area contributed by atoms with Gasteiger partial charge < -0.3 is 25.2 Å². The molecule has 2 saturated carbocycles. The van der Waals surface area contributed by atoms with Crippen molar-refractivity contribution >= 4 is 29.4 Å². The third-order valence-electron chi connectivity index (χ3n) is 11.2. The van der Waals surface area contributed by atoms with Crippen LogP contribution in [0.4, 0.5) is 17.2 Å². The number of aromatic nitrogens is 1. The number of ether oxygens (including phenoxy) is 1. The van der Waals surface area contributed by atoms with Gasteiger partial charge in [-0.1, -0.05) is 12.1 Å². The van der Waals surface area contributed by atoms with Gasteiger partial charge in [-0.25, -0.2) is 4.98 Å². The molecule has 2 N–H and O–H groups in total. The number of nitrogens with one attached hydrogen (secondary N) is 2. The smallest absolute Gasteiger partial charge is 0.238 e. The van der Waals surface area contributed by atoms with Gasteiger partial charge in [0, 0.05) is 54.5 Å². The zero-order valence-electron chi connectivity index (χ0n) is 26.5. The standard InChI is InChI=1S/C35H47N7O2/c1-22(2)40(21-36-3)31-11-10-30(39-33(31)38-24-5-6-24)23-4-9-29-32(16-23)42(34(43)35(29)12-14-37-15-13-35)28-17-27(18-28)41-25-7-8-26(41)20-44-19-25/h4,9-11,16,21-22,24-28,37H,5-8,12-15,17-20H2,1-3H3,(H,38,39). The Morgan fingerprint density at radius 1 is 1.05 bits per heavy atom. The molecule has 2 atom stereocenters. The van der Waals surface area contributed by atoms with Crippen LogP contribution in [0, 0.1) is 0 Å². The lowest BCUT2D eigenvalue weighted by Crippen LogP contribution is -2.61. The fraction of sp³-hybridized carbons (Fsp3) is 0.629. The molecule has 1 amide bonds. The van der Waals surface area contributed by atoms with Gasteiger partial charge in [0.2, 0.25) is 5.91 Å². The molecule has 5 fully saturated rings. The Morgan fingerprint density at radius 3 is 2.48 bits per heavy atom. The van der Waals surface area contributed by atoms with Crippen molar-refractivity contribution < 1.29 is 9.53 Å². The Balaban J connectivity index is 1.13. The highest BCUT2D eigenvalue weighted by molar-refractivity contribution is 6.09. The molecule has 2 unspecified atom stereocenters. The molecule has 6 aliphatic rings. The first kappa shape index (κ1) is 28.5. The van der Waals surface area contributed by atoms with Crippen LogP contribution in [0.25, 0.3) is 11.3 Å². The molecular weight excluding hydrogens is 550 g/mol. The van der Waals surface area contributed by atoms with Crippen molar-refractivity contribution in [2.24, 2.45) is 4.99 Å². The van der Waals surface area contributed by atoms with E-state index in [1.165, 1.54) is 31.2 Å². The van der Waals surface area contributed by atoms with Crippen LogP contribution in [-0.2, 0) is 14.9 Å². The second kappa shape index (κ2) is 11.1. The second-order valence-corrected chi connectivity index (χ2v) is 14.2. The van der Waals surface area contributed by atoms with E-state index in [4.69, 9.17) is 9.72 Å². The number of piperidine rings is 1. The van der Waals surface area contributed by atoms with Crippen molar-refractivity contribution in [1.82, 2.24) is 15.2 Å². The minimum Gasteiger partial charge on any atom is -0.378 e. The highest BCUT2D eigenvalue weighted by Crippen LogP contribution is 2.52. The molecule has 1 aromatic heterocycles. The molecule has 0 radical (unpaired) electrons. The van der Waals surface area contributed by atoms with Gasteiger partial charge in [-0.15, -0.1) is 0 Å². The van der Waals surface area contributed by atoms with Gasteiger partial charge in [-0.2, -0.15) is 0 Å². The number of hydrogen-bond acceptors (Lipinski definition) is 7. The number of aliphatic imine (C=N–C) groups is 1. The highest BCUT2D eigenvalue weighted by atomic mass is 16.5. The lowest BCUT2D eigenvalue weighted by atomic mass is 9.74. The van der Waals surface area contributed by atoms with E-state index in [1.54, 1.807) is 0 Å². The fourth-order valence-corrected chi connectivity index (χ4v) is 8.67. The third kappa shape index (κ3) is 4.65. The normalized spacial score (nSPS) is 29.5. The van der Waals surface area contributed by atoms with E-state index in [0.29, 0.717) is 30.1 Å². The van der Waals surface area contributed by atoms with E-state index >= 15 is 0 Å².